The smallest absolute Gasteiger partial charge is 0.167 e. The summed E-state index contributed by atoms with van der Waals surface area (Å²) in [6.07, 6.45) is 11.5. The van der Waals surface area contributed by atoms with E-state index in [2.05, 4.69) is 43.7 Å². The van der Waals surface area contributed by atoms with Crippen molar-refractivity contribution in [3.05, 3.63) is 18.7 Å². The third kappa shape index (κ3) is 4.63. The van der Waals surface area contributed by atoms with Crippen LogP contribution in [-0.4, -0.2) is 84.3 Å². The van der Waals surface area contributed by atoms with Crippen LogP contribution in [0.25, 0.3) is 22.6 Å². The number of hydrogen-bond donors (Lipinski definition) is 2. The first-order valence-corrected chi connectivity index (χ1v) is 12.1. The van der Waals surface area contributed by atoms with Crippen LogP contribution in [0.2, 0.25) is 0 Å². The van der Waals surface area contributed by atoms with Crippen LogP contribution in [0.3, 0.4) is 0 Å². The summed E-state index contributed by atoms with van der Waals surface area (Å²) in [5.74, 6) is 1.53. The Labute approximate surface area is 189 Å². The van der Waals surface area contributed by atoms with Crippen molar-refractivity contribution in [2.45, 2.75) is 64.6 Å². The summed E-state index contributed by atoms with van der Waals surface area (Å²) in [7, 11) is 0. The highest BCUT2D eigenvalue weighted by atomic mass is 15.2. The molecule has 9 nitrogen and oxygen atoms in total. The van der Waals surface area contributed by atoms with Gasteiger partial charge < -0.3 is 19.7 Å². The topological polar surface area (TPSA) is 90.8 Å². The van der Waals surface area contributed by atoms with E-state index in [1.54, 1.807) is 6.20 Å². The van der Waals surface area contributed by atoms with E-state index in [1.165, 1.54) is 25.9 Å². The van der Waals surface area contributed by atoms with Crippen molar-refractivity contribution < 1.29 is 0 Å². The zero-order valence-electron chi connectivity index (χ0n) is 19.3. The number of imidazole rings is 1. The van der Waals surface area contributed by atoms with Gasteiger partial charge in [-0.3, -0.25) is 5.10 Å². The fourth-order valence-electron chi connectivity index (χ4n) is 4.94. The van der Waals surface area contributed by atoms with Gasteiger partial charge in [-0.25, -0.2) is 15.0 Å². The second-order valence-corrected chi connectivity index (χ2v) is 9.44. The summed E-state index contributed by atoms with van der Waals surface area (Å²) in [4.78, 5) is 19.6. The van der Waals surface area contributed by atoms with Crippen LogP contribution < -0.4 is 5.32 Å². The average Bonchev–Trinajstić information content (AvgIpc) is 3.57. The highest BCUT2D eigenvalue weighted by Gasteiger charge is 2.23. The third-order valence-electron chi connectivity index (χ3n) is 6.89. The van der Waals surface area contributed by atoms with E-state index in [9.17, 15) is 0 Å². The molecule has 9 heteroatoms. The Balaban J connectivity index is 1.37. The van der Waals surface area contributed by atoms with Gasteiger partial charge in [0.05, 0.1) is 18.1 Å². The number of H-pyrrole nitrogens is 1. The molecule has 2 fully saturated rings. The van der Waals surface area contributed by atoms with Crippen LogP contribution in [-0.2, 0) is 6.54 Å². The van der Waals surface area contributed by atoms with Crippen LogP contribution >= 0.6 is 0 Å². The molecule has 0 spiro atoms. The van der Waals surface area contributed by atoms with Crippen LogP contribution in [0.4, 0.5) is 5.82 Å². The van der Waals surface area contributed by atoms with E-state index in [0.717, 1.165) is 68.0 Å². The van der Waals surface area contributed by atoms with E-state index in [0.29, 0.717) is 17.9 Å². The number of piperidine rings is 1. The van der Waals surface area contributed by atoms with Crippen molar-refractivity contribution >= 4 is 17.0 Å². The van der Waals surface area contributed by atoms with Gasteiger partial charge in [0.2, 0.25) is 0 Å². The number of nitrogens with zero attached hydrogens (tertiary/aromatic N) is 7. The lowest BCUT2D eigenvalue weighted by atomic mass is 10.0. The Bertz CT molecular complexity index is 996. The Morgan fingerprint density at radius 3 is 2.62 bits per heavy atom. The quantitative estimate of drug-likeness (QED) is 0.560. The van der Waals surface area contributed by atoms with Crippen LogP contribution in [0.15, 0.2) is 18.7 Å². The lowest BCUT2D eigenvalue weighted by Gasteiger charge is -2.35. The molecule has 3 aromatic heterocycles. The molecule has 0 aliphatic carbocycles. The van der Waals surface area contributed by atoms with E-state index in [-0.39, 0.29) is 0 Å². The Morgan fingerprint density at radius 1 is 1.09 bits per heavy atom. The molecule has 0 aromatic carbocycles. The van der Waals surface area contributed by atoms with Crippen LogP contribution in [0, 0.1) is 0 Å². The van der Waals surface area contributed by atoms with Crippen molar-refractivity contribution in [2.75, 3.05) is 38.0 Å². The van der Waals surface area contributed by atoms with Crippen LogP contribution in [0.5, 0.6) is 0 Å². The average molecular weight is 438 g/mol. The molecule has 2 aliphatic rings. The molecule has 5 heterocycles. The van der Waals surface area contributed by atoms with Crippen molar-refractivity contribution in [1.82, 2.24) is 39.5 Å². The molecule has 0 atom stereocenters. The standard InChI is InChI=1S/C23H35N9/c1-17(2)31-12-6-19(7-13-31)27-22-20-23(29-21(28-22)18-14-25-26-15-18)32(16-24-20)11-5-10-30-8-3-4-9-30/h14-17,19H,3-13H2,1-2H3,(H,25,26)(H,27,28,29). The second kappa shape index (κ2) is 9.54. The van der Waals surface area contributed by atoms with Gasteiger partial charge in [-0.15, -0.1) is 0 Å². The Morgan fingerprint density at radius 2 is 1.91 bits per heavy atom. The number of aromatic amines is 1. The van der Waals surface area contributed by atoms with Crippen LogP contribution in [0.1, 0.15) is 46.0 Å². The Kier molecular flexibility index (Phi) is 6.36. The Hall–Kier alpha value is -2.52. The van der Waals surface area contributed by atoms with Gasteiger partial charge in [0.15, 0.2) is 17.3 Å². The van der Waals surface area contributed by atoms with Gasteiger partial charge in [-0.1, -0.05) is 0 Å². The number of rotatable bonds is 8. The van der Waals surface area contributed by atoms with E-state index in [4.69, 9.17) is 15.0 Å². The number of aryl methyl sites for hydroxylation is 1. The van der Waals surface area contributed by atoms with Crippen molar-refractivity contribution in [3.8, 4) is 11.4 Å². The maximum atomic E-state index is 4.88. The van der Waals surface area contributed by atoms with Crippen molar-refractivity contribution in [2.24, 2.45) is 0 Å². The predicted octanol–water partition coefficient (Wildman–Crippen LogP) is 2.99. The van der Waals surface area contributed by atoms with Crippen molar-refractivity contribution in [3.63, 3.8) is 0 Å². The lowest BCUT2D eigenvalue weighted by molar-refractivity contribution is 0.177. The molecule has 2 saturated heterocycles. The number of nitrogens with one attached hydrogen (secondary N) is 2. The molecule has 2 aliphatic heterocycles. The molecule has 0 saturated carbocycles. The highest BCUT2D eigenvalue weighted by Crippen LogP contribution is 2.26. The molecular weight excluding hydrogens is 402 g/mol. The molecule has 0 unspecified atom stereocenters. The van der Waals surface area contributed by atoms with Crippen molar-refractivity contribution in [1.29, 1.82) is 0 Å². The minimum absolute atomic E-state index is 0.403. The summed E-state index contributed by atoms with van der Waals surface area (Å²) in [5.41, 5.74) is 2.67. The minimum Gasteiger partial charge on any atom is -0.365 e. The first-order valence-electron chi connectivity index (χ1n) is 12.1. The van der Waals surface area contributed by atoms with Gasteiger partial charge >= 0.3 is 0 Å². The maximum absolute atomic E-state index is 4.88. The first-order chi connectivity index (χ1) is 15.7. The second-order valence-electron chi connectivity index (χ2n) is 9.44. The van der Waals surface area contributed by atoms with Gasteiger partial charge in [0.25, 0.3) is 0 Å². The summed E-state index contributed by atoms with van der Waals surface area (Å²) in [6, 6.07) is 1.01. The van der Waals surface area contributed by atoms with E-state index in [1.807, 2.05) is 12.5 Å². The number of likely N-dealkylation sites (tertiary alicyclic amines) is 2. The van der Waals surface area contributed by atoms with Gasteiger partial charge in [-0.05, 0) is 65.6 Å². The zero-order chi connectivity index (χ0) is 21.9. The molecule has 32 heavy (non-hydrogen) atoms. The molecule has 5 rings (SSSR count). The molecule has 0 amide bonds. The van der Waals surface area contributed by atoms with E-state index >= 15 is 0 Å². The third-order valence-corrected chi connectivity index (χ3v) is 6.89. The first kappa shape index (κ1) is 21.3. The number of anilines is 1. The number of aromatic nitrogens is 6. The number of hydrogen-bond acceptors (Lipinski definition) is 7. The SMILES string of the molecule is CC(C)N1CCC(Nc2nc(-c3cn[nH]c3)nc3c2ncn3CCCN2CCCC2)CC1. The molecule has 3 aromatic rings. The molecule has 0 radical (unpaired) electrons. The molecular formula is C23H35N9. The fraction of sp³-hybridized carbons (Fsp3) is 0.652. The predicted molar refractivity (Wildman–Crippen MR) is 127 cm³/mol. The molecule has 2 N–H and O–H groups in total. The largest absolute Gasteiger partial charge is 0.365 e. The minimum atomic E-state index is 0.403. The normalized spacial score (nSPS) is 18.8. The zero-order valence-corrected chi connectivity index (χ0v) is 19.3. The monoisotopic (exact) mass is 437 g/mol. The van der Waals surface area contributed by atoms with Gasteiger partial charge in [0.1, 0.15) is 5.52 Å². The fourth-order valence-corrected chi connectivity index (χ4v) is 4.94. The maximum Gasteiger partial charge on any atom is 0.167 e. The van der Waals surface area contributed by atoms with E-state index < -0.39 is 0 Å². The summed E-state index contributed by atoms with van der Waals surface area (Å²) in [6.45, 7) is 11.3. The number of fused-ring (bicyclic) bond motifs is 1. The van der Waals surface area contributed by atoms with Gasteiger partial charge in [0, 0.05) is 37.9 Å². The summed E-state index contributed by atoms with van der Waals surface area (Å²) >= 11 is 0. The molecule has 0 bridgehead atoms. The summed E-state index contributed by atoms with van der Waals surface area (Å²) < 4.78 is 2.18. The molecule has 172 valence electrons. The lowest BCUT2D eigenvalue weighted by Crippen LogP contribution is -2.42. The highest BCUT2D eigenvalue weighted by molar-refractivity contribution is 5.85. The summed E-state index contributed by atoms with van der Waals surface area (Å²) in [5, 5.41) is 10.7. The van der Waals surface area contributed by atoms with Gasteiger partial charge in [-0.2, -0.15) is 5.10 Å².